The molecule has 0 fully saturated rings. The second-order valence-corrected chi connectivity index (χ2v) is 4.23. The molecule has 3 N–H and O–H groups in total. The number of nitrogens with two attached hydrogens (primary N) is 1. The monoisotopic (exact) mass is 287 g/mol. The van der Waals surface area contributed by atoms with Crippen molar-refractivity contribution in [1.29, 1.82) is 0 Å². The van der Waals surface area contributed by atoms with Crippen LogP contribution in [0.5, 0.6) is 0 Å². The lowest BCUT2D eigenvalue weighted by Crippen LogP contribution is -2.29. The average molecular weight is 288 g/mol. The molecule has 0 radical (unpaired) electrons. The number of hydrogen-bond acceptors (Lipinski definition) is 4. The number of nitro benzene ring substituents is 1. The SMILES string of the molecule is Cc1c(C(=O)NCCC(C)N)cccc1[N+](=O)[O-].Cl. The van der Waals surface area contributed by atoms with Gasteiger partial charge in [-0.15, -0.1) is 12.4 Å². The van der Waals surface area contributed by atoms with Crippen LogP contribution < -0.4 is 11.1 Å². The Morgan fingerprint density at radius 2 is 2.16 bits per heavy atom. The second kappa shape index (κ2) is 7.70. The number of carbonyl (C=O) groups is 1. The highest BCUT2D eigenvalue weighted by atomic mass is 35.5. The molecule has 1 amide bonds. The van der Waals surface area contributed by atoms with Crippen molar-refractivity contribution in [2.24, 2.45) is 5.73 Å². The van der Waals surface area contributed by atoms with Gasteiger partial charge in [0.25, 0.3) is 11.6 Å². The lowest BCUT2D eigenvalue weighted by atomic mass is 10.1. The van der Waals surface area contributed by atoms with Gasteiger partial charge in [-0.05, 0) is 26.3 Å². The molecule has 0 aliphatic rings. The number of rotatable bonds is 5. The first kappa shape index (κ1) is 17.3. The van der Waals surface area contributed by atoms with E-state index < -0.39 is 4.92 Å². The van der Waals surface area contributed by atoms with Crippen LogP contribution in [0.15, 0.2) is 18.2 Å². The molecular formula is C12H18ClN3O3. The van der Waals surface area contributed by atoms with Gasteiger partial charge in [-0.1, -0.05) is 6.07 Å². The summed E-state index contributed by atoms with van der Waals surface area (Å²) in [4.78, 5) is 22.1. The lowest BCUT2D eigenvalue weighted by molar-refractivity contribution is -0.385. The van der Waals surface area contributed by atoms with Crippen molar-refractivity contribution in [3.05, 3.63) is 39.4 Å². The topological polar surface area (TPSA) is 98.3 Å². The third-order valence-electron chi connectivity index (χ3n) is 2.63. The van der Waals surface area contributed by atoms with E-state index in [2.05, 4.69) is 5.32 Å². The molecule has 0 spiro atoms. The molecule has 1 aromatic rings. The first-order valence-electron chi connectivity index (χ1n) is 5.71. The third-order valence-corrected chi connectivity index (χ3v) is 2.63. The van der Waals surface area contributed by atoms with Crippen molar-refractivity contribution < 1.29 is 9.72 Å². The van der Waals surface area contributed by atoms with Crippen molar-refractivity contribution in [3.8, 4) is 0 Å². The van der Waals surface area contributed by atoms with Gasteiger partial charge in [-0.3, -0.25) is 14.9 Å². The molecule has 19 heavy (non-hydrogen) atoms. The molecule has 1 aromatic carbocycles. The van der Waals surface area contributed by atoms with E-state index in [1.807, 2.05) is 6.92 Å². The molecule has 1 rings (SSSR count). The van der Waals surface area contributed by atoms with Crippen molar-refractivity contribution in [2.45, 2.75) is 26.3 Å². The van der Waals surface area contributed by atoms with Crippen LogP contribution in [0.3, 0.4) is 0 Å². The van der Waals surface area contributed by atoms with Gasteiger partial charge >= 0.3 is 0 Å². The summed E-state index contributed by atoms with van der Waals surface area (Å²) in [6, 6.07) is 4.47. The van der Waals surface area contributed by atoms with Crippen LogP contribution in [-0.2, 0) is 0 Å². The molecule has 0 bridgehead atoms. The zero-order valence-electron chi connectivity index (χ0n) is 10.9. The second-order valence-electron chi connectivity index (χ2n) is 4.23. The van der Waals surface area contributed by atoms with E-state index in [0.717, 1.165) is 0 Å². The highest BCUT2D eigenvalue weighted by Gasteiger charge is 2.17. The summed E-state index contributed by atoms with van der Waals surface area (Å²) in [5, 5.41) is 13.5. The summed E-state index contributed by atoms with van der Waals surface area (Å²) in [5.41, 5.74) is 6.23. The van der Waals surface area contributed by atoms with Crippen LogP contribution in [0, 0.1) is 17.0 Å². The highest BCUT2D eigenvalue weighted by Crippen LogP contribution is 2.20. The predicted molar refractivity (Wildman–Crippen MR) is 75.7 cm³/mol. The van der Waals surface area contributed by atoms with E-state index in [0.29, 0.717) is 24.1 Å². The molecule has 0 aromatic heterocycles. The van der Waals surface area contributed by atoms with Crippen molar-refractivity contribution in [2.75, 3.05) is 6.54 Å². The molecule has 0 aliphatic heterocycles. The number of carbonyl (C=O) groups excluding carboxylic acids is 1. The summed E-state index contributed by atoms with van der Waals surface area (Å²) in [6.45, 7) is 3.88. The van der Waals surface area contributed by atoms with Crippen LogP contribution in [0.1, 0.15) is 29.3 Å². The molecule has 0 saturated heterocycles. The van der Waals surface area contributed by atoms with E-state index in [4.69, 9.17) is 5.73 Å². The molecule has 0 heterocycles. The molecule has 7 heteroatoms. The van der Waals surface area contributed by atoms with Gasteiger partial charge in [0.05, 0.1) is 4.92 Å². The van der Waals surface area contributed by atoms with E-state index in [9.17, 15) is 14.9 Å². The fraction of sp³-hybridized carbons (Fsp3) is 0.417. The van der Waals surface area contributed by atoms with Gasteiger partial charge in [0, 0.05) is 29.8 Å². The van der Waals surface area contributed by atoms with Crippen LogP contribution >= 0.6 is 12.4 Å². The zero-order chi connectivity index (χ0) is 13.7. The number of nitrogens with zero attached hydrogens (tertiary/aromatic N) is 1. The first-order chi connectivity index (χ1) is 8.43. The summed E-state index contributed by atoms with van der Waals surface area (Å²) in [5.74, 6) is -0.308. The van der Waals surface area contributed by atoms with Gasteiger partial charge in [0.15, 0.2) is 0 Å². The Kier molecular flexibility index (Phi) is 7.03. The van der Waals surface area contributed by atoms with E-state index in [1.165, 1.54) is 12.1 Å². The third kappa shape index (κ3) is 4.84. The number of amides is 1. The number of benzene rings is 1. The van der Waals surface area contributed by atoms with Crippen LogP contribution in [-0.4, -0.2) is 23.4 Å². The zero-order valence-corrected chi connectivity index (χ0v) is 11.7. The molecule has 0 saturated carbocycles. The van der Waals surface area contributed by atoms with Crippen LogP contribution in [0.4, 0.5) is 5.69 Å². The Morgan fingerprint density at radius 1 is 1.53 bits per heavy atom. The molecule has 0 aliphatic carbocycles. The predicted octanol–water partition coefficient (Wildman–Crippen LogP) is 1.79. The molecule has 6 nitrogen and oxygen atoms in total. The van der Waals surface area contributed by atoms with E-state index >= 15 is 0 Å². The summed E-state index contributed by atoms with van der Waals surface area (Å²) in [6.07, 6.45) is 0.666. The summed E-state index contributed by atoms with van der Waals surface area (Å²) in [7, 11) is 0. The van der Waals surface area contributed by atoms with Gasteiger partial charge in [-0.25, -0.2) is 0 Å². The number of nitrogens with one attached hydrogen (secondary N) is 1. The van der Waals surface area contributed by atoms with Crippen molar-refractivity contribution in [3.63, 3.8) is 0 Å². The Balaban J connectivity index is 0.00000324. The highest BCUT2D eigenvalue weighted by molar-refractivity contribution is 5.96. The molecule has 1 unspecified atom stereocenters. The molecule has 106 valence electrons. The van der Waals surface area contributed by atoms with Gasteiger partial charge in [0.2, 0.25) is 0 Å². The average Bonchev–Trinajstić information content (AvgIpc) is 2.28. The Bertz CT molecular complexity index is 464. The Morgan fingerprint density at radius 3 is 2.68 bits per heavy atom. The first-order valence-corrected chi connectivity index (χ1v) is 5.71. The van der Waals surface area contributed by atoms with Crippen molar-refractivity contribution in [1.82, 2.24) is 5.32 Å². The number of halogens is 1. The van der Waals surface area contributed by atoms with Crippen LogP contribution in [0.25, 0.3) is 0 Å². The van der Waals surface area contributed by atoms with Gasteiger partial charge < -0.3 is 11.1 Å². The Labute approximate surface area is 117 Å². The molecular weight excluding hydrogens is 270 g/mol. The van der Waals surface area contributed by atoms with Gasteiger partial charge in [0.1, 0.15) is 0 Å². The van der Waals surface area contributed by atoms with E-state index in [-0.39, 0.29) is 30.0 Å². The van der Waals surface area contributed by atoms with Gasteiger partial charge in [-0.2, -0.15) is 0 Å². The smallest absolute Gasteiger partial charge is 0.273 e. The van der Waals surface area contributed by atoms with E-state index in [1.54, 1.807) is 13.0 Å². The standard InChI is InChI=1S/C12H17N3O3.ClH/c1-8(13)6-7-14-12(16)10-4-3-5-11(9(10)2)15(17)18;/h3-5,8H,6-7,13H2,1-2H3,(H,14,16);1H. The maximum atomic E-state index is 11.8. The normalized spacial score (nSPS) is 11.3. The quantitative estimate of drug-likeness (QED) is 0.637. The lowest BCUT2D eigenvalue weighted by Gasteiger charge is -2.09. The fourth-order valence-corrected chi connectivity index (χ4v) is 1.58. The molecule has 1 atom stereocenters. The fourth-order valence-electron chi connectivity index (χ4n) is 1.58. The number of nitro groups is 1. The summed E-state index contributed by atoms with van der Waals surface area (Å²) < 4.78 is 0. The maximum absolute atomic E-state index is 11.8. The minimum Gasteiger partial charge on any atom is -0.352 e. The van der Waals surface area contributed by atoms with Crippen LogP contribution in [0.2, 0.25) is 0 Å². The largest absolute Gasteiger partial charge is 0.352 e. The minimum absolute atomic E-state index is 0. The Hall–Kier alpha value is -1.66. The maximum Gasteiger partial charge on any atom is 0.273 e. The minimum atomic E-state index is -0.492. The summed E-state index contributed by atoms with van der Waals surface area (Å²) >= 11 is 0. The number of hydrogen-bond donors (Lipinski definition) is 2. The van der Waals surface area contributed by atoms with Crippen molar-refractivity contribution >= 4 is 24.0 Å².